The van der Waals surface area contributed by atoms with Crippen molar-refractivity contribution in [3.05, 3.63) is 79.0 Å². The van der Waals surface area contributed by atoms with Crippen LogP contribution in [0, 0.1) is 6.07 Å². The van der Waals surface area contributed by atoms with Crippen molar-refractivity contribution < 1.29 is 20.1 Å². The Morgan fingerprint density at radius 1 is 0.714 bits per heavy atom. The molecule has 0 fully saturated rings. The first-order chi connectivity index (χ1) is 9.90. The first kappa shape index (κ1) is 13.9. The third-order valence-electron chi connectivity index (χ3n) is 3.57. The molecule has 0 saturated heterocycles. The molecule has 1 heterocycles. The van der Waals surface area contributed by atoms with E-state index in [1.807, 2.05) is 30.5 Å². The number of aromatic nitrogens is 1. The molecule has 1 aromatic heterocycles. The molecular formula is C19H12IrN-. The van der Waals surface area contributed by atoms with E-state index in [4.69, 9.17) is 0 Å². The molecule has 1 nitrogen and oxygen atoms in total. The number of hydrogen-bond donors (Lipinski definition) is 0. The molecule has 2 heteroatoms. The van der Waals surface area contributed by atoms with Crippen LogP contribution in [0.2, 0.25) is 0 Å². The molecule has 0 saturated carbocycles. The van der Waals surface area contributed by atoms with Gasteiger partial charge < -0.3 is 4.98 Å². The first-order valence-electron chi connectivity index (χ1n) is 6.66. The van der Waals surface area contributed by atoms with Crippen LogP contribution >= 0.6 is 0 Å². The van der Waals surface area contributed by atoms with E-state index < -0.39 is 0 Å². The van der Waals surface area contributed by atoms with E-state index in [0.717, 1.165) is 11.3 Å². The van der Waals surface area contributed by atoms with Crippen molar-refractivity contribution in [2.24, 2.45) is 0 Å². The Kier molecular flexibility index (Phi) is 3.83. The van der Waals surface area contributed by atoms with E-state index in [1.165, 1.54) is 21.5 Å². The molecule has 0 aliphatic rings. The Morgan fingerprint density at radius 3 is 2.14 bits per heavy atom. The van der Waals surface area contributed by atoms with Gasteiger partial charge in [-0.05, 0) is 39.4 Å². The van der Waals surface area contributed by atoms with E-state index in [9.17, 15) is 0 Å². The SMILES string of the molecule is [Ir].[c-]1ccccc1-c1cc2cc3ccccc3cc2cn1. The second-order valence-electron chi connectivity index (χ2n) is 4.89. The Morgan fingerprint density at radius 2 is 1.43 bits per heavy atom. The second kappa shape index (κ2) is 5.77. The van der Waals surface area contributed by atoms with Crippen LogP contribution in [0.1, 0.15) is 0 Å². The minimum absolute atomic E-state index is 0. The molecule has 0 unspecified atom stereocenters. The maximum Gasteiger partial charge on any atom is 0.0239 e. The summed E-state index contributed by atoms with van der Waals surface area (Å²) in [5, 5.41) is 4.89. The van der Waals surface area contributed by atoms with Gasteiger partial charge in [-0.15, -0.1) is 35.9 Å². The van der Waals surface area contributed by atoms with Gasteiger partial charge in [0.25, 0.3) is 0 Å². The topological polar surface area (TPSA) is 12.9 Å². The molecule has 0 aliphatic carbocycles. The Hall–Kier alpha value is -2.02. The molecule has 0 amide bonds. The summed E-state index contributed by atoms with van der Waals surface area (Å²) in [6.45, 7) is 0. The van der Waals surface area contributed by atoms with E-state index in [0.29, 0.717) is 0 Å². The number of benzene rings is 3. The van der Waals surface area contributed by atoms with Crippen LogP contribution in [-0.4, -0.2) is 4.98 Å². The molecular weight excluding hydrogens is 434 g/mol. The van der Waals surface area contributed by atoms with Crippen LogP contribution in [0.3, 0.4) is 0 Å². The van der Waals surface area contributed by atoms with Crippen molar-refractivity contribution >= 4 is 21.5 Å². The van der Waals surface area contributed by atoms with Crippen LogP contribution in [0.5, 0.6) is 0 Å². The number of pyridine rings is 1. The van der Waals surface area contributed by atoms with E-state index >= 15 is 0 Å². The predicted molar refractivity (Wildman–Crippen MR) is 83.5 cm³/mol. The van der Waals surface area contributed by atoms with Crippen LogP contribution in [-0.2, 0) is 20.1 Å². The van der Waals surface area contributed by atoms with Crippen molar-refractivity contribution in [3.63, 3.8) is 0 Å². The Balaban J connectivity index is 0.00000132. The van der Waals surface area contributed by atoms with Gasteiger partial charge in [-0.3, -0.25) is 0 Å². The zero-order valence-electron chi connectivity index (χ0n) is 11.2. The zero-order valence-corrected chi connectivity index (χ0v) is 13.6. The largest absolute Gasteiger partial charge is 0.304 e. The van der Waals surface area contributed by atoms with Gasteiger partial charge in [-0.25, -0.2) is 0 Å². The van der Waals surface area contributed by atoms with Crippen LogP contribution in [0.25, 0.3) is 32.8 Å². The number of rotatable bonds is 1. The summed E-state index contributed by atoms with van der Waals surface area (Å²) in [6, 6.07) is 26.1. The Bertz CT molecular complexity index is 901. The fourth-order valence-corrected chi connectivity index (χ4v) is 2.54. The van der Waals surface area contributed by atoms with Crippen molar-refractivity contribution in [2.75, 3.05) is 0 Å². The number of nitrogens with zero attached hydrogens (tertiary/aromatic N) is 1. The van der Waals surface area contributed by atoms with Crippen LogP contribution < -0.4 is 0 Å². The van der Waals surface area contributed by atoms with E-state index in [1.54, 1.807) is 0 Å². The molecule has 4 rings (SSSR count). The monoisotopic (exact) mass is 447 g/mol. The maximum absolute atomic E-state index is 4.55. The molecule has 0 N–H and O–H groups in total. The van der Waals surface area contributed by atoms with Crippen LogP contribution in [0.4, 0.5) is 0 Å². The van der Waals surface area contributed by atoms with Gasteiger partial charge in [-0.1, -0.05) is 30.3 Å². The average Bonchev–Trinajstić information content (AvgIpc) is 2.53. The molecule has 103 valence electrons. The summed E-state index contributed by atoms with van der Waals surface area (Å²) >= 11 is 0. The van der Waals surface area contributed by atoms with Gasteiger partial charge in [0, 0.05) is 26.3 Å². The molecule has 0 atom stereocenters. The standard InChI is InChI=1S/C19H12N.Ir/c1-2-6-14(7-3-1)19-12-17-10-15-8-4-5-9-16(15)11-18(17)13-20-19;/h1-6,8-13H;/q-1;. The number of hydrogen-bond acceptors (Lipinski definition) is 1. The van der Waals surface area contributed by atoms with Crippen LogP contribution in [0.15, 0.2) is 72.9 Å². The number of fused-ring (bicyclic) bond motifs is 2. The normalized spacial score (nSPS) is 10.5. The molecule has 21 heavy (non-hydrogen) atoms. The summed E-state index contributed by atoms with van der Waals surface area (Å²) in [5.74, 6) is 0. The summed E-state index contributed by atoms with van der Waals surface area (Å²) in [7, 11) is 0. The van der Waals surface area contributed by atoms with Gasteiger partial charge in [-0.2, -0.15) is 0 Å². The zero-order chi connectivity index (χ0) is 13.4. The van der Waals surface area contributed by atoms with Crippen molar-refractivity contribution in [3.8, 4) is 11.3 Å². The van der Waals surface area contributed by atoms with Gasteiger partial charge in [0.15, 0.2) is 0 Å². The molecule has 4 aromatic rings. The summed E-state index contributed by atoms with van der Waals surface area (Å²) in [5.41, 5.74) is 2.00. The van der Waals surface area contributed by atoms with Gasteiger partial charge in [0.05, 0.1) is 0 Å². The Labute approximate surface area is 137 Å². The van der Waals surface area contributed by atoms with Crippen molar-refractivity contribution in [2.45, 2.75) is 0 Å². The molecule has 0 spiro atoms. The molecule has 0 aliphatic heterocycles. The second-order valence-corrected chi connectivity index (χ2v) is 4.89. The van der Waals surface area contributed by atoms with Crippen molar-refractivity contribution in [1.29, 1.82) is 0 Å². The minimum atomic E-state index is 0. The summed E-state index contributed by atoms with van der Waals surface area (Å²) in [6.07, 6.45) is 1.94. The molecule has 1 radical (unpaired) electrons. The van der Waals surface area contributed by atoms with Gasteiger partial charge in [0.2, 0.25) is 0 Å². The first-order valence-corrected chi connectivity index (χ1v) is 6.66. The molecule has 3 aromatic carbocycles. The summed E-state index contributed by atoms with van der Waals surface area (Å²) < 4.78 is 0. The van der Waals surface area contributed by atoms with Gasteiger partial charge in [0.1, 0.15) is 0 Å². The minimum Gasteiger partial charge on any atom is -0.304 e. The third kappa shape index (κ3) is 2.61. The average molecular weight is 447 g/mol. The maximum atomic E-state index is 4.55. The van der Waals surface area contributed by atoms with Gasteiger partial charge >= 0.3 is 0 Å². The smallest absolute Gasteiger partial charge is 0.0239 e. The van der Waals surface area contributed by atoms with Crippen molar-refractivity contribution in [1.82, 2.24) is 4.98 Å². The predicted octanol–water partition coefficient (Wildman–Crippen LogP) is 4.85. The summed E-state index contributed by atoms with van der Waals surface area (Å²) in [4.78, 5) is 4.55. The van der Waals surface area contributed by atoms with E-state index in [2.05, 4.69) is 53.5 Å². The quantitative estimate of drug-likeness (QED) is 0.301. The van der Waals surface area contributed by atoms with E-state index in [-0.39, 0.29) is 20.1 Å². The fraction of sp³-hybridized carbons (Fsp3) is 0. The fourth-order valence-electron chi connectivity index (χ4n) is 2.54. The molecule has 0 bridgehead atoms. The third-order valence-corrected chi connectivity index (χ3v) is 3.57.